The highest BCUT2D eigenvalue weighted by Gasteiger charge is 2.35. The normalized spacial score (nSPS) is 13.8. The van der Waals surface area contributed by atoms with E-state index in [1.807, 2.05) is 113 Å². The van der Waals surface area contributed by atoms with Crippen LogP contribution < -0.4 is 15.1 Å². The number of nitrogens with one attached hydrogen (secondary N) is 1. The number of rotatable bonds is 25. The molecule has 346 valence electrons. The molecule has 0 spiro atoms. The maximum atomic E-state index is 13.8. The van der Waals surface area contributed by atoms with Crippen LogP contribution in [0.1, 0.15) is 93.8 Å². The van der Waals surface area contributed by atoms with E-state index >= 15 is 0 Å². The summed E-state index contributed by atoms with van der Waals surface area (Å²) in [6.45, 7) is -1.50. The average Bonchev–Trinajstić information content (AvgIpc) is 3.21. The second-order valence-corrected chi connectivity index (χ2v) is 20.4. The number of carbonyl (C=O) groups excluding carboxylic acids is 6. The number of aliphatic hydroxyl groups excluding tert-OH is 9. The molecular weight excluding hydrogens is 1500 g/mol. The van der Waals surface area contributed by atoms with Crippen molar-refractivity contribution in [2.75, 3.05) is 55.9 Å². The highest BCUT2D eigenvalue weighted by atomic mass is 127. The van der Waals surface area contributed by atoms with E-state index in [2.05, 4.69) is 5.32 Å². The number of aliphatic hydroxyl groups is 9. The van der Waals surface area contributed by atoms with Crippen LogP contribution >= 0.6 is 136 Å². The minimum Gasteiger partial charge on any atom is -0.394 e. The van der Waals surface area contributed by atoms with Crippen molar-refractivity contribution < 1.29 is 74.7 Å². The molecule has 0 fully saturated rings. The first-order chi connectivity index (χ1) is 29.0. The molecular formula is C38H47I6N3O15. The molecule has 0 saturated heterocycles. The Bertz CT molecular complexity index is 1750. The van der Waals surface area contributed by atoms with Crippen molar-refractivity contribution in [3.05, 3.63) is 43.7 Å². The quantitative estimate of drug-likeness (QED) is 0.0503. The Morgan fingerprint density at radius 1 is 0.468 bits per heavy atom. The maximum Gasteiger partial charge on any atom is 0.253 e. The second kappa shape index (κ2) is 27.6. The van der Waals surface area contributed by atoms with Crippen LogP contribution in [0.5, 0.6) is 0 Å². The van der Waals surface area contributed by atoms with Crippen LogP contribution in [0, 0.1) is 21.4 Å². The standard InChI is InChI=1S/C38H47I6N3O15/c1-16(52)46(36-32(41)26(23(59)6-3-18(54)12-48)30(39)27(33(36)42)24(60)7-4-19(55)13-49)10-22(58)11-47(17(2)53)37-34(43)28(25(61)8-5-20(56)14-50)31(40)29(35(37)44)38(62)45-9-21(57)15-51/h18-22,48-51,54-58H,3-15H2,1-2H3,(H,45,62). The second-order valence-electron chi connectivity index (χ2n) is 13.9. The molecule has 2 aromatic rings. The van der Waals surface area contributed by atoms with Gasteiger partial charge < -0.3 is 61.1 Å². The lowest BCUT2D eigenvalue weighted by molar-refractivity contribution is -0.117. The third-order valence-corrected chi connectivity index (χ3v) is 15.6. The van der Waals surface area contributed by atoms with Gasteiger partial charge >= 0.3 is 0 Å². The zero-order chi connectivity index (χ0) is 47.3. The minimum atomic E-state index is -1.58. The molecule has 0 aliphatic rings. The summed E-state index contributed by atoms with van der Waals surface area (Å²) in [5, 5.41) is 91.5. The van der Waals surface area contributed by atoms with Gasteiger partial charge in [-0.05, 0) is 155 Å². The SMILES string of the molecule is CC(=O)N(CC(O)CN(C(C)=O)c1c(I)c(C(=O)CCC(O)CO)c(I)c(C(=O)NCC(O)CO)c1I)c1c(I)c(C(=O)CCC(O)CO)c(I)c(C(=O)CCC(O)CO)c1I. The topological polar surface area (TPSA) is 303 Å². The van der Waals surface area contributed by atoms with E-state index in [0.29, 0.717) is 0 Å². The number of Topliss-reactive ketones (excluding diaryl/α,β-unsaturated/α-hetero) is 3. The molecule has 0 heterocycles. The lowest BCUT2D eigenvalue weighted by Gasteiger charge is -2.32. The van der Waals surface area contributed by atoms with Gasteiger partial charge in [0, 0.05) is 74.2 Å². The van der Waals surface area contributed by atoms with Crippen molar-refractivity contribution in [2.24, 2.45) is 0 Å². The number of hydrogen-bond acceptors (Lipinski definition) is 15. The largest absolute Gasteiger partial charge is 0.394 e. The zero-order valence-electron chi connectivity index (χ0n) is 33.2. The third kappa shape index (κ3) is 15.5. The first-order valence-corrected chi connectivity index (χ1v) is 25.2. The number of ketones is 3. The predicted molar refractivity (Wildman–Crippen MR) is 277 cm³/mol. The summed E-state index contributed by atoms with van der Waals surface area (Å²) >= 11 is 11.0. The zero-order valence-corrected chi connectivity index (χ0v) is 46.2. The van der Waals surface area contributed by atoms with Crippen LogP contribution in [0.25, 0.3) is 0 Å². The van der Waals surface area contributed by atoms with E-state index in [1.165, 1.54) is 13.8 Å². The van der Waals surface area contributed by atoms with Gasteiger partial charge in [-0.2, -0.15) is 0 Å². The smallest absolute Gasteiger partial charge is 0.253 e. The summed E-state index contributed by atoms with van der Waals surface area (Å²) in [7, 11) is 0. The average molecular weight is 1550 g/mol. The van der Waals surface area contributed by atoms with Crippen LogP contribution in [0.15, 0.2) is 0 Å². The number of halogens is 6. The highest BCUT2D eigenvalue weighted by Crippen LogP contribution is 2.41. The molecule has 0 radical (unpaired) electrons. The molecule has 3 amide bonds. The number of hydrogen-bond donors (Lipinski definition) is 10. The number of amides is 3. The summed E-state index contributed by atoms with van der Waals surface area (Å²) in [6.07, 6.45) is -7.64. The van der Waals surface area contributed by atoms with Crippen LogP contribution in [-0.4, -0.2) is 158 Å². The van der Waals surface area contributed by atoms with E-state index in [0.717, 1.165) is 9.80 Å². The van der Waals surface area contributed by atoms with Crippen LogP contribution in [0.3, 0.4) is 0 Å². The van der Waals surface area contributed by atoms with E-state index in [9.17, 15) is 74.7 Å². The summed E-state index contributed by atoms with van der Waals surface area (Å²) in [4.78, 5) is 84.4. The van der Waals surface area contributed by atoms with Gasteiger partial charge in [-0.3, -0.25) is 28.8 Å². The molecule has 2 rings (SSSR count). The molecule has 0 aliphatic carbocycles. The molecule has 0 aliphatic heterocycles. The van der Waals surface area contributed by atoms with Gasteiger partial charge in [0.25, 0.3) is 5.91 Å². The van der Waals surface area contributed by atoms with Gasteiger partial charge in [0.2, 0.25) is 11.8 Å². The summed E-state index contributed by atoms with van der Waals surface area (Å²) in [6, 6.07) is 0. The first-order valence-electron chi connectivity index (χ1n) is 18.7. The van der Waals surface area contributed by atoms with Crippen molar-refractivity contribution >= 4 is 182 Å². The van der Waals surface area contributed by atoms with Crippen molar-refractivity contribution in [1.29, 1.82) is 0 Å². The van der Waals surface area contributed by atoms with E-state index in [-0.39, 0.29) is 100 Å². The number of nitrogens with zero attached hydrogens (tertiary/aromatic N) is 2. The molecule has 62 heavy (non-hydrogen) atoms. The Balaban J connectivity index is 2.84. The van der Waals surface area contributed by atoms with Gasteiger partial charge in [0.1, 0.15) is 0 Å². The van der Waals surface area contributed by atoms with Crippen molar-refractivity contribution in [2.45, 2.75) is 82.9 Å². The molecule has 5 atom stereocenters. The van der Waals surface area contributed by atoms with Crippen LogP contribution in [0.2, 0.25) is 0 Å². The molecule has 0 saturated carbocycles. The molecule has 24 heteroatoms. The Morgan fingerprint density at radius 3 is 1.05 bits per heavy atom. The number of carbonyl (C=O) groups is 6. The molecule has 18 nitrogen and oxygen atoms in total. The van der Waals surface area contributed by atoms with Gasteiger partial charge in [0.05, 0.1) is 90.5 Å². The van der Waals surface area contributed by atoms with Crippen molar-refractivity contribution in [3.8, 4) is 0 Å². The lowest BCUT2D eigenvalue weighted by atomic mass is 9.97. The number of anilines is 2. The Morgan fingerprint density at radius 2 is 0.758 bits per heavy atom. The van der Waals surface area contributed by atoms with E-state index in [4.69, 9.17) is 0 Å². The highest BCUT2D eigenvalue weighted by molar-refractivity contribution is 14.1. The summed E-state index contributed by atoms with van der Waals surface area (Å²) in [5.41, 5.74) is 0.118. The van der Waals surface area contributed by atoms with Gasteiger partial charge in [0.15, 0.2) is 17.3 Å². The Kier molecular flexibility index (Phi) is 25.9. The third-order valence-electron chi connectivity index (χ3n) is 9.19. The van der Waals surface area contributed by atoms with Crippen molar-refractivity contribution in [3.63, 3.8) is 0 Å². The van der Waals surface area contributed by atoms with Gasteiger partial charge in [-0.1, -0.05) is 0 Å². The molecule has 5 unspecified atom stereocenters. The van der Waals surface area contributed by atoms with Gasteiger partial charge in [-0.25, -0.2) is 0 Å². The fourth-order valence-corrected chi connectivity index (χ4v) is 15.6. The summed E-state index contributed by atoms with van der Waals surface area (Å²) < 4.78 is 1.19. The predicted octanol–water partition coefficient (Wildman–Crippen LogP) is 2.11. The maximum absolute atomic E-state index is 13.8. The van der Waals surface area contributed by atoms with E-state index < -0.39 is 105 Å². The molecule has 2 aromatic carbocycles. The molecule has 10 N–H and O–H groups in total. The fraction of sp³-hybridized carbons (Fsp3) is 0.526. The Labute approximate surface area is 439 Å². The van der Waals surface area contributed by atoms with Gasteiger partial charge in [-0.15, -0.1) is 0 Å². The minimum absolute atomic E-state index is 0.00104. The molecule has 0 bridgehead atoms. The summed E-state index contributed by atoms with van der Waals surface area (Å²) in [5.74, 6) is -3.65. The Hall–Kier alpha value is -0.120. The van der Waals surface area contributed by atoms with Crippen LogP contribution in [0.4, 0.5) is 11.4 Å². The molecule has 0 aromatic heterocycles. The van der Waals surface area contributed by atoms with Crippen LogP contribution in [-0.2, 0) is 9.59 Å². The number of benzene rings is 2. The van der Waals surface area contributed by atoms with Crippen molar-refractivity contribution in [1.82, 2.24) is 5.32 Å². The monoisotopic (exact) mass is 1550 g/mol. The van der Waals surface area contributed by atoms with E-state index in [1.54, 1.807) is 22.6 Å². The first kappa shape index (κ1) is 58.0. The lowest BCUT2D eigenvalue weighted by Crippen LogP contribution is -2.45. The fourth-order valence-electron chi connectivity index (χ4n) is 5.85.